The second-order valence-corrected chi connectivity index (χ2v) is 5.10. The fourth-order valence-corrected chi connectivity index (χ4v) is 2.52. The van der Waals surface area contributed by atoms with Gasteiger partial charge in [0.2, 0.25) is 0 Å². The van der Waals surface area contributed by atoms with Gasteiger partial charge < -0.3 is 15.1 Å². The van der Waals surface area contributed by atoms with E-state index in [1.807, 2.05) is 0 Å². The fraction of sp³-hybridized carbons (Fsp3) is 0.385. The Morgan fingerprint density at radius 1 is 1.42 bits per heavy atom. The number of β-amino-alcohol motifs (C(OH)–C–C–N with tert-alkyl or cyclic N) is 1. The number of aliphatic hydroxyl groups excluding tert-OH is 1. The molecule has 1 aliphatic heterocycles. The van der Waals surface area contributed by atoms with E-state index in [1.54, 1.807) is 25.1 Å². The highest BCUT2D eigenvalue weighted by Crippen LogP contribution is 2.23. The lowest BCUT2D eigenvalue weighted by Gasteiger charge is -2.22. The van der Waals surface area contributed by atoms with Gasteiger partial charge in [-0.05, 0) is 30.7 Å². The Morgan fingerprint density at radius 3 is 2.68 bits per heavy atom. The van der Waals surface area contributed by atoms with Crippen LogP contribution < -0.4 is 0 Å². The SMILES string of the molecule is Cc1cc(Cl)ccc1C(=O)N1C[C@H](O)C[C@@H]1C(=O)O. The van der Waals surface area contributed by atoms with E-state index < -0.39 is 24.0 Å². The van der Waals surface area contributed by atoms with Crippen LogP contribution in [0.2, 0.25) is 5.02 Å². The molecule has 0 spiro atoms. The first-order valence-electron chi connectivity index (χ1n) is 5.88. The van der Waals surface area contributed by atoms with Gasteiger partial charge in [0.15, 0.2) is 0 Å². The molecule has 1 aromatic rings. The van der Waals surface area contributed by atoms with Gasteiger partial charge in [0.1, 0.15) is 6.04 Å². The van der Waals surface area contributed by atoms with E-state index in [-0.39, 0.29) is 13.0 Å². The third kappa shape index (κ3) is 2.72. The monoisotopic (exact) mass is 283 g/mol. The molecule has 0 unspecified atom stereocenters. The van der Waals surface area contributed by atoms with Crippen molar-refractivity contribution < 1.29 is 19.8 Å². The van der Waals surface area contributed by atoms with E-state index in [0.717, 1.165) is 0 Å². The molecule has 2 N–H and O–H groups in total. The van der Waals surface area contributed by atoms with Crippen LogP contribution in [0.1, 0.15) is 22.3 Å². The number of carbonyl (C=O) groups is 2. The van der Waals surface area contributed by atoms with E-state index in [9.17, 15) is 14.7 Å². The van der Waals surface area contributed by atoms with Gasteiger partial charge >= 0.3 is 5.97 Å². The zero-order valence-electron chi connectivity index (χ0n) is 10.3. The Labute approximate surface area is 115 Å². The molecule has 102 valence electrons. The van der Waals surface area contributed by atoms with Crippen LogP contribution in [0.15, 0.2) is 18.2 Å². The third-order valence-electron chi connectivity index (χ3n) is 3.24. The number of carbonyl (C=O) groups excluding carboxylic acids is 1. The molecule has 6 heteroatoms. The minimum atomic E-state index is -1.10. The first-order chi connectivity index (χ1) is 8.90. The maximum atomic E-state index is 12.3. The molecule has 1 aromatic carbocycles. The third-order valence-corrected chi connectivity index (χ3v) is 3.48. The number of likely N-dealkylation sites (tertiary alicyclic amines) is 1. The predicted molar refractivity (Wildman–Crippen MR) is 69.3 cm³/mol. The van der Waals surface area contributed by atoms with Gasteiger partial charge in [0, 0.05) is 23.6 Å². The Bertz CT molecular complexity index is 531. The van der Waals surface area contributed by atoms with E-state index >= 15 is 0 Å². The van der Waals surface area contributed by atoms with Crippen LogP contribution in [0.3, 0.4) is 0 Å². The summed E-state index contributed by atoms with van der Waals surface area (Å²) in [6, 6.07) is 3.84. The molecular formula is C13H14ClNO4. The Hall–Kier alpha value is -1.59. The highest BCUT2D eigenvalue weighted by Gasteiger charge is 2.39. The van der Waals surface area contributed by atoms with Crippen LogP contribution in [0.25, 0.3) is 0 Å². The number of rotatable bonds is 2. The molecule has 1 heterocycles. The van der Waals surface area contributed by atoms with Gasteiger partial charge in [-0.3, -0.25) is 4.79 Å². The van der Waals surface area contributed by atoms with Crippen LogP contribution in [0, 0.1) is 6.92 Å². The van der Waals surface area contributed by atoms with E-state index in [1.165, 1.54) is 4.90 Å². The second kappa shape index (κ2) is 5.19. The molecule has 0 aromatic heterocycles. The van der Waals surface area contributed by atoms with Crippen LogP contribution in [0.5, 0.6) is 0 Å². The summed E-state index contributed by atoms with van der Waals surface area (Å²) in [5.74, 6) is -1.49. The van der Waals surface area contributed by atoms with Gasteiger partial charge in [0.05, 0.1) is 6.10 Å². The summed E-state index contributed by atoms with van der Waals surface area (Å²) >= 11 is 5.82. The number of halogens is 1. The van der Waals surface area contributed by atoms with Crippen molar-refractivity contribution in [3.8, 4) is 0 Å². The largest absolute Gasteiger partial charge is 0.480 e. The molecule has 0 radical (unpaired) electrons. The minimum Gasteiger partial charge on any atom is -0.480 e. The summed E-state index contributed by atoms with van der Waals surface area (Å²) in [4.78, 5) is 24.7. The number of aliphatic hydroxyl groups is 1. The Kier molecular flexibility index (Phi) is 3.78. The summed E-state index contributed by atoms with van der Waals surface area (Å²) in [5.41, 5.74) is 1.09. The van der Waals surface area contributed by atoms with Crippen molar-refractivity contribution in [2.75, 3.05) is 6.54 Å². The number of hydrogen-bond donors (Lipinski definition) is 2. The number of amides is 1. The van der Waals surface area contributed by atoms with Gasteiger partial charge in [-0.2, -0.15) is 0 Å². The smallest absolute Gasteiger partial charge is 0.326 e. The van der Waals surface area contributed by atoms with E-state index in [4.69, 9.17) is 16.7 Å². The second-order valence-electron chi connectivity index (χ2n) is 4.66. The average Bonchev–Trinajstić information content (AvgIpc) is 2.70. The van der Waals surface area contributed by atoms with Crippen molar-refractivity contribution in [2.45, 2.75) is 25.5 Å². The molecule has 1 amide bonds. The zero-order chi connectivity index (χ0) is 14.2. The molecule has 1 aliphatic rings. The van der Waals surface area contributed by atoms with Gasteiger partial charge in [0.25, 0.3) is 5.91 Å². The predicted octanol–water partition coefficient (Wildman–Crippen LogP) is 1.31. The van der Waals surface area contributed by atoms with E-state index in [0.29, 0.717) is 16.1 Å². The molecule has 1 fully saturated rings. The Balaban J connectivity index is 2.30. The van der Waals surface area contributed by atoms with Crippen molar-refractivity contribution in [3.63, 3.8) is 0 Å². The highest BCUT2D eigenvalue weighted by atomic mass is 35.5. The molecule has 0 aliphatic carbocycles. The molecule has 1 saturated heterocycles. The van der Waals surface area contributed by atoms with E-state index in [2.05, 4.69) is 0 Å². The molecular weight excluding hydrogens is 270 g/mol. The fourth-order valence-electron chi connectivity index (χ4n) is 2.29. The summed E-state index contributed by atoms with van der Waals surface area (Å²) in [6.45, 7) is 1.78. The maximum Gasteiger partial charge on any atom is 0.326 e. The van der Waals surface area contributed by atoms with Crippen molar-refractivity contribution in [1.29, 1.82) is 0 Å². The van der Waals surface area contributed by atoms with Crippen molar-refractivity contribution in [1.82, 2.24) is 4.90 Å². The number of benzene rings is 1. The number of hydrogen-bond acceptors (Lipinski definition) is 3. The molecule has 5 nitrogen and oxygen atoms in total. The Morgan fingerprint density at radius 2 is 2.11 bits per heavy atom. The van der Waals surface area contributed by atoms with Crippen LogP contribution in [-0.2, 0) is 4.79 Å². The quantitative estimate of drug-likeness (QED) is 0.858. The standard InChI is InChI=1S/C13H14ClNO4/c1-7-4-8(14)2-3-10(7)12(17)15-6-9(16)5-11(15)13(18)19/h2-4,9,11,16H,5-6H2,1H3,(H,18,19)/t9-,11-/m1/s1. The van der Waals surface area contributed by atoms with Gasteiger partial charge in [-0.25, -0.2) is 4.79 Å². The molecule has 0 saturated carbocycles. The number of carboxylic acids is 1. The highest BCUT2D eigenvalue weighted by molar-refractivity contribution is 6.30. The summed E-state index contributed by atoms with van der Waals surface area (Å²) in [7, 11) is 0. The number of nitrogens with zero attached hydrogens (tertiary/aromatic N) is 1. The summed E-state index contributed by atoms with van der Waals surface area (Å²) < 4.78 is 0. The lowest BCUT2D eigenvalue weighted by atomic mass is 10.1. The number of aryl methyl sites for hydroxylation is 1. The maximum absolute atomic E-state index is 12.3. The molecule has 0 bridgehead atoms. The topological polar surface area (TPSA) is 77.8 Å². The van der Waals surface area contributed by atoms with Crippen LogP contribution >= 0.6 is 11.6 Å². The summed E-state index contributed by atoms with van der Waals surface area (Å²) in [6.07, 6.45) is -0.731. The lowest BCUT2D eigenvalue weighted by molar-refractivity contribution is -0.141. The van der Waals surface area contributed by atoms with Crippen LogP contribution in [0.4, 0.5) is 0 Å². The van der Waals surface area contributed by atoms with Crippen molar-refractivity contribution in [2.24, 2.45) is 0 Å². The van der Waals surface area contributed by atoms with Crippen molar-refractivity contribution >= 4 is 23.5 Å². The normalized spacial score (nSPS) is 22.6. The zero-order valence-corrected chi connectivity index (χ0v) is 11.1. The number of carboxylic acid groups (broad SMARTS) is 1. The van der Waals surface area contributed by atoms with Crippen molar-refractivity contribution in [3.05, 3.63) is 34.3 Å². The van der Waals surface area contributed by atoms with Gasteiger partial charge in [-0.1, -0.05) is 11.6 Å². The molecule has 2 atom stereocenters. The average molecular weight is 284 g/mol. The molecule has 2 rings (SSSR count). The summed E-state index contributed by atoms with van der Waals surface area (Å²) in [5, 5.41) is 19.2. The first-order valence-corrected chi connectivity index (χ1v) is 6.26. The lowest BCUT2D eigenvalue weighted by Crippen LogP contribution is -2.40. The van der Waals surface area contributed by atoms with Crippen LogP contribution in [-0.4, -0.2) is 45.7 Å². The van der Waals surface area contributed by atoms with Gasteiger partial charge in [-0.15, -0.1) is 0 Å². The minimum absolute atomic E-state index is 0.0396. The first kappa shape index (κ1) is 13.8. The number of aliphatic carboxylic acids is 1. The molecule has 19 heavy (non-hydrogen) atoms.